The van der Waals surface area contributed by atoms with Gasteiger partial charge in [0.1, 0.15) is 0 Å². The van der Waals surface area contributed by atoms with Crippen LogP contribution < -0.4 is 5.32 Å². The van der Waals surface area contributed by atoms with Gasteiger partial charge in [-0.2, -0.15) is 4.98 Å². The van der Waals surface area contributed by atoms with Crippen LogP contribution in [0.2, 0.25) is 0 Å². The van der Waals surface area contributed by atoms with Gasteiger partial charge in [0, 0.05) is 19.6 Å². The van der Waals surface area contributed by atoms with Crippen molar-refractivity contribution in [2.75, 3.05) is 20.8 Å². The van der Waals surface area contributed by atoms with Crippen LogP contribution in [0.15, 0.2) is 4.52 Å². The molecule has 1 fully saturated rings. The molecule has 18 heavy (non-hydrogen) atoms. The van der Waals surface area contributed by atoms with Gasteiger partial charge in [0.05, 0.1) is 12.5 Å². The zero-order chi connectivity index (χ0) is 12.8. The minimum Gasteiger partial charge on any atom is -0.384 e. The van der Waals surface area contributed by atoms with E-state index < -0.39 is 0 Å². The molecule has 2 rings (SSSR count). The van der Waals surface area contributed by atoms with Crippen LogP contribution in [-0.4, -0.2) is 36.9 Å². The molecule has 1 aliphatic rings. The zero-order valence-electron chi connectivity index (χ0n) is 11.3. The Labute approximate surface area is 108 Å². The summed E-state index contributed by atoms with van der Waals surface area (Å²) in [5, 5.41) is 7.43. The van der Waals surface area contributed by atoms with E-state index in [4.69, 9.17) is 9.26 Å². The Kier molecular flexibility index (Phi) is 5.13. The minimum atomic E-state index is 0.362. The van der Waals surface area contributed by atoms with E-state index in [-0.39, 0.29) is 0 Å². The summed E-state index contributed by atoms with van der Waals surface area (Å²) < 4.78 is 10.5. The molecule has 5 nitrogen and oxygen atoms in total. The second-order valence-electron chi connectivity index (χ2n) is 4.93. The second kappa shape index (κ2) is 6.85. The maximum atomic E-state index is 5.43. The molecule has 1 N–H and O–H groups in total. The summed E-state index contributed by atoms with van der Waals surface area (Å²) in [5.74, 6) is 1.91. The average Bonchev–Trinajstić information content (AvgIpc) is 2.73. The largest absolute Gasteiger partial charge is 0.384 e. The first-order valence-corrected chi connectivity index (χ1v) is 6.84. The Hall–Kier alpha value is -0.940. The molecular weight excluding hydrogens is 230 g/mol. The fourth-order valence-corrected chi connectivity index (χ4v) is 2.66. The van der Waals surface area contributed by atoms with Crippen LogP contribution in [0.25, 0.3) is 0 Å². The van der Waals surface area contributed by atoms with Crippen molar-refractivity contribution in [1.82, 2.24) is 15.5 Å². The molecule has 1 aromatic heterocycles. The number of ether oxygens (including phenoxy) is 1. The molecule has 1 saturated carbocycles. The predicted molar refractivity (Wildman–Crippen MR) is 68.6 cm³/mol. The van der Waals surface area contributed by atoms with Gasteiger partial charge >= 0.3 is 0 Å². The van der Waals surface area contributed by atoms with E-state index in [0.29, 0.717) is 18.6 Å². The number of nitrogens with zero attached hydrogens (tertiary/aromatic N) is 2. The normalized spacial score (nSPS) is 25.0. The van der Waals surface area contributed by atoms with Crippen molar-refractivity contribution in [3.63, 3.8) is 0 Å². The van der Waals surface area contributed by atoms with E-state index in [0.717, 1.165) is 24.6 Å². The average molecular weight is 253 g/mol. The standard InChI is InChI=1S/C13H23N3O2/c1-14-11-7-5-3-4-6-10(11)13-15-12(16-18-13)8-9-17-2/h10-11,14H,3-9H2,1-2H3. The summed E-state index contributed by atoms with van der Waals surface area (Å²) in [6.45, 7) is 0.638. The Morgan fingerprint density at radius 1 is 1.33 bits per heavy atom. The van der Waals surface area contributed by atoms with E-state index in [1.54, 1.807) is 7.11 Å². The summed E-state index contributed by atoms with van der Waals surface area (Å²) in [4.78, 5) is 4.51. The zero-order valence-corrected chi connectivity index (χ0v) is 11.3. The quantitative estimate of drug-likeness (QED) is 0.812. The molecule has 0 saturated heterocycles. The van der Waals surface area contributed by atoms with Crippen molar-refractivity contribution in [3.05, 3.63) is 11.7 Å². The molecule has 1 aliphatic carbocycles. The second-order valence-corrected chi connectivity index (χ2v) is 4.93. The van der Waals surface area contributed by atoms with E-state index in [9.17, 15) is 0 Å². The van der Waals surface area contributed by atoms with Gasteiger partial charge in [-0.1, -0.05) is 24.4 Å². The van der Waals surface area contributed by atoms with Crippen LogP contribution in [0.3, 0.4) is 0 Å². The molecule has 0 amide bonds. The summed E-state index contributed by atoms with van der Waals surface area (Å²) >= 11 is 0. The molecule has 5 heteroatoms. The van der Waals surface area contributed by atoms with Crippen LogP contribution >= 0.6 is 0 Å². The highest BCUT2D eigenvalue weighted by atomic mass is 16.5. The molecule has 1 aromatic rings. The Balaban J connectivity index is 2.05. The van der Waals surface area contributed by atoms with E-state index >= 15 is 0 Å². The van der Waals surface area contributed by atoms with Crippen LogP contribution in [0, 0.1) is 0 Å². The Bertz CT molecular complexity index is 354. The van der Waals surface area contributed by atoms with Crippen molar-refractivity contribution in [2.45, 2.75) is 50.5 Å². The third kappa shape index (κ3) is 3.29. The first-order chi connectivity index (χ1) is 8.85. The number of methoxy groups -OCH3 is 1. The number of rotatable bonds is 5. The first-order valence-electron chi connectivity index (χ1n) is 6.84. The fourth-order valence-electron chi connectivity index (χ4n) is 2.66. The maximum Gasteiger partial charge on any atom is 0.231 e. The molecular formula is C13H23N3O2. The number of hydrogen-bond donors (Lipinski definition) is 1. The van der Waals surface area contributed by atoms with Crippen molar-refractivity contribution in [1.29, 1.82) is 0 Å². The van der Waals surface area contributed by atoms with Crippen molar-refractivity contribution >= 4 is 0 Å². The molecule has 2 unspecified atom stereocenters. The highest BCUT2D eigenvalue weighted by Crippen LogP contribution is 2.30. The lowest BCUT2D eigenvalue weighted by molar-refractivity contribution is 0.199. The van der Waals surface area contributed by atoms with E-state index in [1.807, 2.05) is 7.05 Å². The topological polar surface area (TPSA) is 60.2 Å². The molecule has 0 radical (unpaired) electrons. The molecule has 0 bridgehead atoms. The molecule has 102 valence electrons. The molecule has 2 atom stereocenters. The predicted octanol–water partition coefficient (Wildman–Crippen LogP) is 1.89. The van der Waals surface area contributed by atoms with Crippen molar-refractivity contribution < 1.29 is 9.26 Å². The fraction of sp³-hybridized carbons (Fsp3) is 0.846. The molecule has 0 spiro atoms. The van der Waals surface area contributed by atoms with Crippen LogP contribution in [0.4, 0.5) is 0 Å². The van der Waals surface area contributed by atoms with Gasteiger partial charge in [0.25, 0.3) is 0 Å². The maximum absolute atomic E-state index is 5.43. The van der Waals surface area contributed by atoms with Gasteiger partial charge in [-0.15, -0.1) is 0 Å². The first kappa shape index (κ1) is 13.5. The van der Waals surface area contributed by atoms with E-state index in [2.05, 4.69) is 15.5 Å². The third-order valence-electron chi connectivity index (χ3n) is 3.72. The number of aromatic nitrogens is 2. The summed E-state index contributed by atoms with van der Waals surface area (Å²) in [6, 6.07) is 0.461. The van der Waals surface area contributed by atoms with Gasteiger partial charge in [-0.3, -0.25) is 0 Å². The number of nitrogens with one attached hydrogen (secondary N) is 1. The van der Waals surface area contributed by atoms with E-state index in [1.165, 1.54) is 25.7 Å². The van der Waals surface area contributed by atoms with Crippen LogP contribution in [-0.2, 0) is 11.2 Å². The van der Waals surface area contributed by atoms with Crippen molar-refractivity contribution in [3.8, 4) is 0 Å². The van der Waals surface area contributed by atoms with Gasteiger partial charge in [-0.05, 0) is 19.9 Å². The summed E-state index contributed by atoms with van der Waals surface area (Å²) in [6.07, 6.45) is 6.88. The van der Waals surface area contributed by atoms with Crippen LogP contribution in [0.5, 0.6) is 0 Å². The lowest BCUT2D eigenvalue weighted by Gasteiger charge is -2.20. The Morgan fingerprint density at radius 2 is 2.17 bits per heavy atom. The highest BCUT2D eigenvalue weighted by Gasteiger charge is 2.28. The third-order valence-corrected chi connectivity index (χ3v) is 3.72. The number of hydrogen-bond acceptors (Lipinski definition) is 5. The van der Waals surface area contributed by atoms with Gasteiger partial charge in [-0.25, -0.2) is 0 Å². The SMILES string of the molecule is CNC1CCCCCC1c1nc(CCOC)no1. The smallest absolute Gasteiger partial charge is 0.231 e. The van der Waals surface area contributed by atoms with Gasteiger partial charge in [0.15, 0.2) is 5.82 Å². The lowest BCUT2D eigenvalue weighted by Crippen LogP contribution is -2.31. The van der Waals surface area contributed by atoms with Crippen LogP contribution in [0.1, 0.15) is 49.7 Å². The lowest BCUT2D eigenvalue weighted by atomic mass is 9.95. The van der Waals surface area contributed by atoms with Gasteiger partial charge in [0.2, 0.25) is 5.89 Å². The van der Waals surface area contributed by atoms with Gasteiger partial charge < -0.3 is 14.6 Å². The summed E-state index contributed by atoms with van der Waals surface area (Å²) in [5.41, 5.74) is 0. The highest BCUT2D eigenvalue weighted by molar-refractivity contribution is 5.00. The monoisotopic (exact) mass is 253 g/mol. The minimum absolute atomic E-state index is 0.362. The van der Waals surface area contributed by atoms with Crippen molar-refractivity contribution in [2.24, 2.45) is 0 Å². The molecule has 1 heterocycles. The molecule has 0 aromatic carbocycles. The Morgan fingerprint density at radius 3 is 2.94 bits per heavy atom. The summed E-state index contributed by atoms with van der Waals surface area (Å²) in [7, 11) is 3.70. The number of likely N-dealkylation sites (N-methyl/N-ethyl adjacent to an activating group) is 1. The molecule has 0 aliphatic heterocycles.